The number of fused-ring (bicyclic) bond motifs is 1. The highest BCUT2D eigenvalue weighted by atomic mass is 32.2. The van der Waals surface area contributed by atoms with E-state index in [1.165, 1.54) is 32.4 Å². The van der Waals surface area contributed by atoms with Crippen LogP contribution in [0.15, 0.2) is 71.6 Å². The Labute approximate surface area is 226 Å². The smallest absolute Gasteiger partial charge is 0.263 e. The molecule has 0 atom stereocenters. The van der Waals surface area contributed by atoms with Crippen molar-refractivity contribution in [2.24, 2.45) is 0 Å². The number of nitrogens with one attached hydrogen (secondary N) is 4. The molecule has 1 aromatic heterocycles. The zero-order chi connectivity index (χ0) is 28.0. The number of carbonyl (C=O) groups is 1. The van der Waals surface area contributed by atoms with Gasteiger partial charge in [-0.25, -0.2) is 23.8 Å². The van der Waals surface area contributed by atoms with Gasteiger partial charge in [0.05, 0.1) is 36.7 Å². The normalized spacial score (nSPS) is 11.3. The van der Waals surface area contributed by atoms with Crippen molar-refractivity contribution in [2.45, 2.75) is 4.90 Å². The first-order chi connectivity index (χ1) is 18.7. The summed E-state index contributed by atoms with van der Waals surface area (Å²) in [7, 11) is 2.46. The second kappa shape index (κ2) is 11.9. The van der Waals surface area contributed by atoms with E-state index in [1.54, 1.807) is 61.6 Å². The number of nitrogens with zero attached hydrogens (tertiary/aromatic N) is 3. The summed E-state index contributed by atoms with van der Waals surface area (Å²) >= 11 is 0. The molecule has 0 radical (unpaired) electrons. The fourth-order valence-electron chi connectivity index (χ4n) is 3.54. The lowest BCUT2D eigenvalue weighted by Gasteiger charge is -2.15. The van der Waals surface area contributed by atoms with Crippen LogP contribution < -0.4 is 30.3 Å². The molecule has 0 saturated carbocycles. The van der Waals surface area contributed by atoms with Gasteiger partial charge in [0.2, 0.25) is 5.91 Å². The van der Waals surface area contributed by atoms with Crippen molar-refractivity contribution in [3.8, 4) is 11.5 Å². The summed E-state index contributed by atoms with van der Waals surface area (Å²) in [4.78, 5) is 21.2. The molecule has 0 saturated heterocycles. The number of ether oxygens (including phenoxy) is 2. The standard InChI is InChI=1S/C26H29N7O5S/c1-33(2)27-16-24(34)28-17-8-7-9-21(14-17)39(35,36)32-26-25(30-22-10-5-6-11-23(22)31-26)29-18-12-19(37-3)15-20(13-18)38-4/h5-15,27H,16H2,1-4H3,(H,28,34)(H,29,30)(H,31,32). The molecule has 0 aliphatic rings. The van der Waals surface area contributed by atoms with Gasteiger partial charge in [-0.15, -0.1) is 0 Å². The molecule has 4 N–H and O–H groups in total. The number of sulfonamides is 1. The molecular weight excluding hydrogens is 522 g/mol. The summed E-state index contributed by atoms with van der Waals surface area (Å²) in [5.41, 5.74) is 4.79. The molecule has 4 aromatic rings. The van der Waals surface area contributed by atoms with Crippen LogP contribution in [0.25, 0.3) is 11.0 Å². The minimum atomic E-state index is -4.12. The molecule has 1 heterocycles. The molecule has 0 fully saturated rings. The van der Waals surface area contributed by atoms with Gasteiger partial charge in [0.15, 0.2) is 11.6 Å². The molecule has 4 rings (SSSR count). The third-order valence-electron chi connectivity index (χ3n) is 5.40. The van der Waals surface area contributed by atoms with Gasteiger partial charge in [0.1, 0.15) is 11.5 Å². The predicted molar refractivity (Wildman–Crippen MR) is 150 cm³/mol. The van der Waals surface area contributed by atoms with Crippen molar-refractivity contribution in [3.63, 3.8) is 0 Å². The van der Waals surface area contributed by atoms with Crippen LogP contribution in [0, 0.1) is 0 Å². The second-order valence-electron chi connectivity index (χ2n) is 8.55. The first kappa shape index (κ1) is 27.6. The summed E-state index contributed by atoms with van der Waals surface area (Å²) in [5, 5.41) is 7.44. The van der Waals surface area contributed by atoms with Crippen molar-refractivity contribution in [1.29, 1.82) is 0 Å². The van der Waals surface area contributed by atoms with Gasteiger partial charge in [-0.3, -0.25) is 14.5 Å². The van der Waals surface area contributed by atoms with E-state index in [4.69, 9.17) is 9.47 Å². The fraction of sp³-hybridized carbons (Fsp3) is 0.192. The quantitative estimate of drug-likeness (QED) is 0.205. The number of amides is 1. The molecule has 204 valence electrons. The van der Waals surface area contributed by atoms with Crippen molar-refractivity contribution in [3.05, 3.63) is 66.7 Å². The van der Waals surface area contributed by atoms with Crippen molar-refractivity contribution in [2.75, 3.05) is 50.2 Å². The molecule has 3 aromatic carbocycles. The van der Waals surface area contributed by atoms with Crippen LogP contribution in [0.1, 0.15) is 0 Å². The lowest BCUT2D eigenvalue weighted by atomic mass is 10.2. The van der Waals surface area contributed by atoms with Crippen LogP contribution >= 0.6 is 0 Å². The van der Waals surface area contributed by atoms with E-state index < -0.39 is 10.0 Å². The Morgan fingerprint density at radius 3 is 2.10 bits per heavy atom. The van der Waals surface area contributed by atoms with E-state index in [0.29, 0.717) is 33.9 Å². The van der Waals surface area contributed by atoms with Gasteiger partial charge in [0, 0.05) is 43.7 Å². The highest BCUT2D eigenvalue weighted by Crippen LogP contribution is 2.31. The number of para-hydroxylation sites is 2. The molecule has 12 nitrogen and oxygen atoms in total. The Balaban J connectivity index is 1.66. The van der Waals surface area contributed by atoms with E-state index in [-0.39, 0.29) is 29.0 Å². The van der Waals surface area contributed by atoms with Gasteiger partial charge in [-0.1, -0.05) is 18.2 Å². The molecule has 0 aliphatic carbocycles. The molecule has 13 heteroatoms. The monoisotopic (exact) mass is 551 g/mol. The van der Waals surface area contributed by atoms with E-state index in [9.17, 15) is 13.2 Å². The maximum Gasteiger partial charge on any atom is 0.263 e. The minimum Gasteiger partial charge on any atom is -0.497 e. The minimum absolute atomic E-state index is 0.0138. The number of benzene rings is 3. The Morgan fingerprint density at radius 1 is 0.846 bits per heavy atom. The van der Waals surface area contributed by atoms with Gasteiger partial charge in [-0.05, 0) is 30.3 Å². The number of rotatable bonds is 11. The van der Waals surface area contributed by atoms with Gasteiger partial charge >= 0.3 is 0 Å². The van der Waals surface area contributed by atoms with E-state index in [1.807, 2.05) is 6.07 Å². The molecule has 0 aliphatic heterocycles. The maximum absolute atomic E-state index is 13.4. The van der Waals surface area contributed by atoms with Crippen molar-refractivity contribution >= 4 is 50.0 Å². The summed E-state index contributed by atoms with van der Waals surface area (Å²) < 4.78 is 40.0. The zero-order valence-corrected chi connectivity index (χ0v) is 22.7. The fourth-order valence-corrected chi connectivity index (χ4v) is 4.59. The Bertz CT molecular complexity index is 1570. The van der Waals surface area contributed by atoms with Gasteiger partial charge in [-0.2, -0.15) is 0 Å². The highest BCUT2D eigenvalue weighted by molar-refractivity contribution is 7.92. The average Bonchev–Trinajstić information content (AvgIpc) is 2.92. The van der Waals surface area contributed by atoms with E-state index in [0.717, 1.165) is 0 Å². The number of hydrogen-bond donors (Lipinski definition) is 4. The third-order valence-corrected chi connectivity index (χ3v) is 6.74. The van der Waals surface area contributed by atoms with Crippen LogP contribution in [0.3, 0.4) is 0 Å². The SMILES string of the molecule is COc1cc(Nc2nc3ccccc3nc2NS(=O)(=O)c2cccc(NC(=O)CNN(C)C)c2)cc(OC)c1. The summed E-state index contributed by atoms with van der Waals surface area (Å²) in [5.74, 6) is 0.901. The number of methoxy groups -OCH3 is 2. The van der Waals surface area contributed by atoms with Crippen LogP contribution in [0.2, 0.25) is 0 Å². The molecule has 39 heavy (non-hydrogen) atoms. The van der Waals surface area contributed by atoms with Crippen molar-refractivity contribution < 1.29 is 22.7 Å². The Kier molecular flexibility index (Phi) is 8.44. The highest BCUT2D eigenvalue weighted by Gasteiger charge is 2.20. The third kappa shape index (κ3) is 7.10. The topological polar surface area (TPSA) is 147 Å². The molecule has 0 unspecified atom stereocenters. The molecule has 0 spiro atoms. The van der Waals surface area contributed by atoms with E-state index in [2.05, 4.69) is 30.7 Å². The number of carbonyl (C=O) groups excluding carboxylic acids is 1. The Hall–Kier alpha value is -4.46. The number of hydrogen-bond acceptors (Lipinski definition) is 10. The summed E-state index contributed by atoms with van der Waals surface area (Å²) in [6.07, 6.45) is 0. The predicted octanol–water partition coefficient (Wildman–Crippen LogP) is 3.20. The Morgan fingerprint density at radius 2 is 1.49 bits per heavy atom. The maximum atomic E-state index is 13.4. The van der Waals surface area contributed by atoms with Crippen LogP contribution in [-0.2, 0) is 14.8 Å². The zero-order valence-electron chi connectivity index (χ0n) is 21.8. The van der Waals surface area contributed by atoms with Gasteiger partial charge in [0.25, 0.3) is 10.0 Å². The van der Waals surface area contributed by atoms with Crippen molar-refractivity contribution in [1.82, 2.24) is 20.4 Å². The van der Waals surface area contributed by atoms with Crippen LogP contribution in [0.4, 0.5) is 23.0 Å². The number of aromatic nitrogens is 2. The summed E-state index contributed by atoms with van der Waals surface area (Å²) in [6.45, 7) is 0.0268. The first-order valence-corrected chi connectivity index (χ1v) is 13.3. The number of anilines is 4. The van der Waals surface area contributed by atoms with Crippen LogP contribution in [0.5, 0.6) is 11.5 Å². The first-order valence-electron chi connectivity index (χ1n) is 11.8. The molecule has 0 bridgehead atoms. The molecule has 1 amide bonds. The largest absolute Gasteiger partial charge is 0.497 e. The lowest BCUT2D eigenvalue weighted by Crippen LogP contribution is -2.37. The van der Waals surface area contributed by atoms with Crippen LogP contribution in [-0.4, -0.2) is 64.2 Å². The van der Waals surface area contributed by atoms with Gasteiger partial charge < -0.3 is 20.1 Å². The molecular formula is C26H29N7O5S. The number of hydrazine groups is 1. The second-order valence-corrected chi connectivity index (χ2v) is 10.2. The van der Waals surface area contributed by atoms with E-state index >= 15 is 0 Å². The lowest BCUT2D eigenvalue weighted by molar-refractivity contribution is -0.116. The summed E-state index contributed by atoms with van der Waals surface area (Å²) in [6, 6.07) is 18.2. The average molecular weight is 552 g/mol.